The van der Waals surface area contributed by atoms with Gasteiger partial charge in [-0.3, -0.25) is 4.79 Å². The van der Waals surface area contributed by atoms with Crippen molar-refractivity contribution < 1.29 is 4.79 Å². The lowest BCUT2D eigenvalue weighted by Gasteiger charge is -2.16. The van der Waals surface area contributed by atoms with Crippen molar-refractivity contribution in [3.8, 4) is 0 Å². The molecule has 0 spiro atoms. The van der Waals surface area contributed by atoms with E-state index >= 15 is 0 Å². The number of aromatic nitrogens is 2. The lowest BCUT2D eigenvalue weighted by Crippen LogP contribution is -2.27. The first kappa shape index (κ1) is 9.39. The van der Waals surface area contributed by atoms with Crippen LogP contribution < -0.4 is 4.90 Å². The number of fused-ring (bicyclic) bond motifs is 1. The second-order valence-electron chi connectivity index (χ2n) is 4.28. The summed E-state index contributed by atoms with van der Waals surface area (Å²) in [6, 6.07) is 5.82. The van der Waals surface area contributed by atoms with Crippen molar-refractivity contribution in [1.29, 1.82) is 0 Å². The Kier molecular flexibility index (Phi) is 1.96. The summed E-state index contributed by atoms with van der Waals surface area (Å²) < 4.78 is 0. The summed E-state index contributed by atoms with van der Waals surface area (Å²) in [5, 5.41) is 0. The molecule has 3 rings (SSSR count). The first-order chi connectivity index (χ1) is 7.75. The summed E-state index contributed by atoms with van der Waals surface area (Å²) in [5.74, 6) is 0.473. The summed E-state index contributed by atoms with van der Waals surface area (Å²) >= 11 is 0. The van der Waals surface area contributed by atoms with Crippen LogP contribution in [0.2, 0.25) is 0 Å². The Morgan fingerprint density at radius 1 is 1.50 bits per heavy atom. The third-order valence-corrected chi connectivity index (χ3v) is 3.05. The number of hydrogen-bond donors (Lipinski definition) is 1. The number of nitrogens with one attached hydrogen (secondary N) is 1. The molecule has 1 heterocycles. The standard InChI is InChI=1S/C12H13N3O/c1-15(12(16)8-2-3-8)9-4-5-10-11(6-9)14-7-13-10/h4-8H,2-3H2,1H3,(H,13,14). The highest BCUT2D eigenvalue weighted by Gasteiger charge is 2.32. The molecule has 1 aromatic heterocycles. The molecule has 1 N–H and O–H groups in total. The number of anilines is 1. The Bertz CT molecular complexity index is 542. The van der Waals surface area contributed by atoms with Gasteiger partial charge in [0, 0.05) is 18.7 Å². The normalized spacial score (nSPS) is 15.3. The van der Waals surface area contributed by atoms with E-state index in [1.807, 2.05) is 25.2 Å². The molecule has 1 aromatic carbocycles. The van der Waals surface area contributed by atoms with Gasteiger partial charge in [0.2, 0.25) is 5.91 Å². The quantitative estimate of drug-likeness (QED) is 0.832. The Morgan fingerprint density at radius 3 is 3.06 bits per heavy atom. The number of H-pyrrole nitrogens is 1. The maximum Gasteiger partial charge on any atom is 0.229 e. The molecule has 16 heavy (non-hydrogen) atoms. The van der Waals surface area contributed by atoms with Crippen LogP contribution in [0, 0.1) is 5.92 Å². The highest BCUT2D eigenvalue weighted by Crippen LogP contribution is 2.32. The Labute approximate surface area is 93.3 Å². The predicted molar refractivity (Wildman–Crippen MR) is 62.2 cm³/mol. The number of amides is 1. The van der Waals surface area contributed by atoms with E-state index in [4.69, 9.17) is 0 Å². The Balaban J connectivity index is 1.94. The monoisotopic (exact) mass is 215 g/mol. The van der Waals surface area contributed by atoms with Crippen LogP contribution in [0.25, 0.3) is 11.0 Å². The summed E-state index contributed by atoms with van der Waals surface area (Å²) in [5.41, 5.74) is 2.82. The first-order valence-corrected chi connectivity index (χ1v) is 5.46. The van der Waals surface area contributed by atoms with Crippen LogP contribution in [0.1, 0.15) is 12.8 Å². The summed E-state index contributed by atoms with van der Waals surface area (Å²) in [7, 11) is 1.83. The molecule has 1 aliphatic rings. The van der Waals surface area contributed by atoms with Crippen molar-refractivity contribution in [2.45, 2.75) is 12.8 Å². The maximum atomic E-state index is 11.9. The van der Waals surface area contributed by atoms with Crippen LogP contribution in [-0.2, 0) is 4.79 Å². The molecule has 1 amide bonds. The van der Waals surface area contributed by atoms with Gasteiger partial charge in [-0.2, -0.15) is 0 Å². The number of carbonyl (C=O) groups excluding carboxylic acids is 1. The predicted octanol–water partition coefficient (Wildman–Crippen LogP) is 1.94. The zero-order valence-corrected chi connectivity index (χ0v) is 9.10. The zero-order valence-electron chi connectivity index (χ0n) is 9.10. The molecule has 0 bridgehead atoms. The number of rotatable bonds is 2. The summed E-state index contributed by atoms with van der Waals surface area (Å²) in [4.78, 5) is 20.8. The van der Waals surface area contributed by atoms with Gasteiger partial charge in [0.1, 0.15) is 0 Å². The van der Waals surface area contributed by atoms with E-state index < -0.39 is 0 Å². The first-order valence-electron chi connectivity index (χ1n) is 5.46. The molecule has 0 atom stereocenters. The van der Waals surface area contributed by atoms with Gasteiger partial charge in [0.15, 0.2) is 0 Å². The number of nitrogens with zero attached hydrogens (tertiary/aromatic N) is 2. The van der Waals surface area contributed by atoms with E-state index in [0.717, 1.165) is 29.6 Å². The van der Waals surface area contributed by atoms with Crippen molar-refractivity contribution >= 4 is 22.6 Å². The Hall–Kier alpha value is -1.84. The Morgan fingerprint density at radius 2 is 2.31 bits per heavy atom. The minimum atomic E-state index is 0.221. The zero-order chi connectivity index (χ0) is 11.1. The van der Waals surface area contributed by atoms with E-state index in [1.165, 1.54) is 0 Å². The molecule has 1 fully saturated rings. The van der Waals surface area contributed by atoms with E-state index in [1.54, 1.807) is 11.2 Å². The van der Waals surface area contributed by atoms with Crippen LogP contribution in [0.5, 0.6) is 0 Å². The number of hydrogen-bond acceptors (Lipinski definition) is 2. The second-order valence-corrected chi connectivity index (χ2v) is 4.28. The van der Waals surface area contributed by atoms with Gasteiger partial charge in [-0.15, -0.1) is 0 Å². The van der Waals surface area contributed by atoms with Gasteiger partial charge < -0.3 is 9.88 Å². The molecular formula is C12H13N3O. The molecule has 4 heteroatoms. The SMILES string of the molecule is CN(C(=O)C1CC1)c1ccc2nc[nH]c2c1. The van der Waals surface area contributed by atoms with Crippen LogP contribution in [-0.4, -0.2) is 22.9 Å². The van der Waals surface area contributed by atoms with E-state index in [9.17, 15) is 4.79 Å². The van der Waals surface area contributed by atoms with Gasteiger partial charge in [-0.05, 0) is 31.0 Å². The van der Waals surface area contributed by atoms with Gasteiger partial charge in [-0.25, -0.2) is 4.98 Å². The average Bonchev–Trinajstić information content (AvgIpc) is 3.05. The maximum absolute atomic E-state index is 11.9. The van der Waals surface area contributed by atoms with Crippen LogP contribution in [0.3, 0.4) is 0 Å². The van der Waals surface area contributed by atoms with Crippen molar-refractivity contribution in [3.05, 3.63) is 24.5 Å². The fraction of sp³-hybridized carbons (Fsp3) is 0.333. The van der Waals surface area contributed by atoms with Gasteiger partial charge in [0.05, 0.1) is 17.4 Å². The number of aromatic amines is 1. The minimum absolute atomic E-state index is 0.221. The lowest BCUT2D eigenvalue weighted by molar-refractivity contribution is -0.119. The third kappa shape index (κ3) is 1.46. The van der Waals surface area contributed by atoms with Gasteiger partial charge in [0.25, 0.3) is 0 Å². The van der Waals surface area contributed by atoms with Crippen molar-refractivity contribution in [2.24, 2.45) is 5.92 Å². The highest BCUT2D eigenvalue weighted by atomic mass is 16.2. The molecule has 1 aliphatic carbocycles. The molecule has 2 aromatic rings. The largest absolute Gasteiger partial charge is 0.345 e. The van der Waals surface area contributed by atoms with Gasteiger partial charge >= 0.3 is 0 Å². The van der Waals surface area contributed by atoms with E-state index in [0.29, 0.717) is 0 Å². The van der Waals surface area contributed by atoms with Crippen LogP contribution in [0.15, 0.2) is 24.5 Å². The topological polar surface area (TPSA) is 49.0 Å². The fourth-order valence-electron chi connectivity index (χ4n) is 1.86. The van der Waals surface area contributed by atoms with Crippen molar-refractivity contribution in [3.63, 3.8) is 0 Å². The summed E-state index contributed by atoms with van der Waals surface area (Å²) in [6.45, 7) is 0. The molecule has 82 valence electrons. The lowest BCUT2D eigenvalue weighted by atomic mass is 10.2. The molecule has 0 aliphatic heterocycles. The number of carbonyl (C=O) groups is 1. The summed E-state index contributed by atoms with van der Waals surface area (Å²) in [6.07, 6.45) is 3.74. The highest BCUT2D eigenvalue weighted by molar-refractivity contribution is 5.97. The molecular weight excluding hydrogens is 202 g/mol. The number of benzene rings is 1. The number of imidazole rings is 1. The third-order valence-electron chi connectivity index (χ3n) is 3.05. The molecule has 1 saturated carbocycles. The van der Waals surface area contributed by atoms with E-state index in [-0.39, 0.29) is 11.8 Å². The average molecular weight is 215 g/mol. The molecule has 4 nitrogen and oxygen atoms in total. The minimum Gasteiger partial charge on any atom is -0.345 e. The molecule has 0 radical (unpaired) electrons. The molecule has 0 unspecified atom stereocenters. The molecule has 0 saturated heterocycles. The van der Waals surface area contributed by atoms with Crippen molar-refractivity contribution in [2.75, 3.05) is 11.9 Å². The second kappa shape index (κ2) is 3.33. The van der Waals surface area contributed by atoms with Crippen LogP contribution in [0.4, 0.5) is 5.69 Å². The van der Waals surface area contributed by atoms with Gasteiger partial charge in [-0.1, -0.05) is 0 Å². The van der Waals surface area contributed by atoms with Crippen molar-refractivity contribution in [1.82, 2.24) is 9.97 Å². The smallest absolute Gasteiger partial charge is 0.229 e. The fourth-order valence-corrected chi connectivity index (χ4v) is 1.86. The van der Waals surface area contributed by atoms with E-state index in [2.05, 4.69) is 9.97 Å². The van der Waals surface area contributed by atoms with Crippen LogP contribution >= 0.6 is 0 Å².